The molecule has 1 heterocycles. The van der Waals surface area contributed by atoms with E-state index in [9.17, 15) is 4.79 Å². The van der Waals surface area contributed by atoms with E-state index in [2.05, 4.69) is 29.2 Å². The van der Waals surface area contributed by atoms with Crippen LogP contribution in [0.25, 0.3) is 0 Å². The van der Waals surface area contributed by atoms with Crippen molar-refractivity contribution < 1.29 is 14.6 Å². The van der Waals surface area contributed by atoms with Gasteiger partial charge in [-0.15, -0.1) is 0 Å². The van der Waals surface area contributed by atoms with Crippen LogP contribution in [0.4, 0.5) is 0 Å². The molecule has 20 heavy (non-hydrogen) atoms. The predicted octanol–water partition coefficient (Wildman–Crippen LogP) is 2.24. The summed E-state index contributed by atoms with van der Waals surface area (Å²) in [5, 5.41) is 9.09. The molecule has 0 aromatic heterocycles. The molecule has 4 nitrogen and oxygen atoms in total. The minimum atomic E-state index is -0.741. The SMILES string of the molecule is O=C(O)CC1COCCN1C1CCCc2ccccc21. The Labute approximate surface area is 119 Å². The number of hydrogen-bond donors (Lipinski definition) is 1. The van der Waals surface area contributed by atoms with E-state index in [1.165, 1.54) is 17.5 Å². The quantitative estimate of drug-likeness (QED) is 0.919. The first-order valence-corrected chi connectivity index (χ1v) is 7.39. The molecule has 0 amide bonds. The Balaban J connectivity index is 1.85. The highest BCUT2D eigenvalue weighted by molar-refractivity contribution is 5.67. The van der Waals surface area contributed by atoms with Gasteiger partial charge in [0.1, 0.15) is 0 Å². The van der Waals surface area contributed by atoms with Gasteiger partial charge in [0.15, 0.2) is 0 Å². The Kier molecular flexibility index (Phi) is 4.03. The number of carboxylic acids is 1. The summed E-state index contributed by atoms with van der Waals surface area (Å²) in [4.78, 5) is 13.4. The van der Waals surface area contributed by atoms with Gasteiger partial charge in [-0.05, 0) is 30.4 Å². The summed E-state index contributed by atoms with van der Waals surface area (Å²) in [7, 11) is 0. The van der Waals surface area contributed by atoms with E-state index in [0.717, 1.165) is 19.4 Å². The summed E-state index contributed by atoms with van der Waals surface area (Å²) in [6, 6.07) is 8.94. The Morgan fingerprint density at radius 2 is 2.25 bits per heavy atom. The summed E-state index contributed by atoms with van der Waals surface area (Å²) in [6.45, 7) is 2.07. The van der Waals surface area contributed by atoms with Gasteiger partial charge < -0.3 is 9.84 Å². The molecule has 0 saturated carbocycles. The lowest BCUT2D eigenvalue weighted by atomic mass is 9.86. The van der Waals surface area contributed by atoms with Gasteiger partial charge in [0, 0.05) is 18.6 Å². The van der Waals surface area contributed by atoms with Gasteiger partial charge in [-0.1, -0.05) is 24.3 Å². The molecule has 0 bridgehead atoms. The molecule has 2 aliphatic rings. The number of morpholine rings is 1. The number of aryl methyl sites for hydroxylation is 1. The molecule has 2 unspecified atom stereocenters. The average Bonchev–Trinajstić information content (AvgIpc) is 2.47. The number of benzene rings is 1. The lowest BCUT2D eigenvalue weighted by Crippen LogP contribution is -2.48. The summed E-state index contributed by atoms with van der Waals surface area (Å²) < 4.78 is 5.49. The van der Waals surface area contributed by atoms with Crippen LogP contribution >= 0.6 is 0 Å². The van der Waals surface area contributed by atoms with Gasteiger partial charge in [0.05, 0.1) is 19.6 Å². The number of nitrogens with zero attached hydrogens (tertiary/aromatic N) is 1. The van der Waals surface area contributed by atoms with E-state index < -0.39 is 5.97 Å². The van der Waals surface area contributed by atoms with Crippen LogP contribution in [-0.4, -0.2) is 41.8 Å². The molecule has 1 N–H and O–H groups in total. The molecular formula is C16H21NO3. The Morgan fingerprint density at radius 3 is 3.10 bits per heavy atom. The van der Waals surface area contributed by atoms with E-state index >= 15 is 0 Å². The molecule has 4 heteroatoms. The van der Waals surface area contributed by atoms with Crippen molar-refractivity contribution in [1.29, 1.82) is 0 Å². The third-order valence-electron chi connectivity index (χ3n) is 4.42. The van der Waals surface area contributed by atoms with Gasteiger partial charge in [-0.2, -0.15) is 0 Å². The van der Waals surface area contributed by atoms with Gasteiger partial charge in [-0.3, -0.25) is 9.69 Å². The molecule has 0 radical (unpaired) electrons. The van der Waals surface area contributed by atoms with Gasteiger partial charge in [0.25, 0.3) is 0 Å². The van der Waals surface area contributed by atoms with Crippen LogP contribution < -0.4 is 0 Å². The Hall–Kier alpha value is -1.39. The molecule has 108 valence electrons. The maximum absolute atomic E-state index is 11.1. The van der Waals surface area contributed by atoms with Crippen molar-refractivity contribution in [3.05, 3.63) is 35.4 Å². The fourth-order valence-corrected chi connectivity index (χ4v) is 3.53. The van der Waals surface area contributed by atoms with E-state index in [0.29, 0.717) is 19.3 Å². The first kappa shape index (κ1) is 13.6. The third kappa shape index (κ3) is 2.72. The molecule has 1 aliphatic heterocycles. The highest BCUT2D eigenvalue weighted by Crippen LogP contribution is 2.36. The number of hydrogen-bond acceptors (Lipinski definition) is 3. The molecule has 0 spiro atoms. The maximum atomic E-state index is 11.1. The van der Waals surface area contributed by atoms with E-state index in [-0.39, 0.29) is 12.5 Å². The Bertz CT molecular complexity index is 488. The van der Waals surface area contributed by atoms with Crippen LogP contribution in [0.3, 0.4) is 0 Å². The van der Waals surface area contributed by atoms with Crippen LogP contribution in [0.5, 0.6) is 0 Å². The number of aliphatic carboxylic acids is 1. The molecule has 3 rings (SSSR count). The molecule has 1 aromatic rings. The van der Waals surface area contributed by atoms with Crippen molar-refractivity contribution in [2.24, 2.45) is 0 Å². The molecule has 1 aromatic carbocycles. The average molecular weight is 275 g/mol. The summed E-state index contributed by atoms with van der Waals surface area (Å²) in [5.41, 5.74) is 2.81. The number of carbonyl (C=O) groups is 1. The first-order valence-electron chi connectivity index (χ1n) is 7.39. The van der Waals surface area contributed by atoms with E-state index in [1.807, 2.05) is 0 Å². The number of ether oxygens (including phenoxy) is 1. The van der Waals surface area contributed by atoms with Crippen molar-refractivity contribution in [3.63, 3.8) is 0 Å². The first-order chi connectivity index (χ1) is 9.75. The van der Waals surface area contributed by atoms with E-state index in [4.69, 9.17) is 9.84 Å². The van der Waals surface area contributed by atoms with Crippen LogP contribution in [0.1, 0.15) is 36.4 Å². The van der Waals surface area contributed by atoms with Crippen molar-refractivity contribution in [1.82, 2.24) is 4.90 Å². The molecule has 1 fully saturated rings. The molecule has 2 atom stereocenters. The van der Waals surface area contributed by atoms with Crippen LogP contribution in [0.2, 0.25) is 0 Å². The van der Waals surface area contributed by atoms with Crippen molar-refractivity contribution >= 4 is 5.97 Å². The minimum Gasteiger partial charge on any atom is -0.481 e. The van der Waals surface area contributed by atoms with Gasteiger partial charge >= 0.3 is 5.97 Å². The predicted molar refractivity (Wildman–Crippen MR) is 75.7 cm³/mol. The number of fused-ring (bicyclic) bond motifs is 1. The largest absolute Gasteiger partial charge is 0.481 e. The maximum Gasteiger partial charge on any atom is 0.305 e. The van der Waals surface area contributed by atoms with Crippen molar-refractivity contribution in [3.8, 4) is 0 Å². The fourth-order valence-electron chi connectivity index (χ4n) is 3.53. The number of rotatable bonds is 3. The summed E-state index contributed by atoms with van der Waals surface area (Å²) >= 11 is 0. The lowest BCUT2D eigenvalue weighted by Gasteiger charge is -2.42. The second-order valence-corrected chi connectivity index (χ2v) is 5.67. The van der Waals surface area contributed by atoms with Crippen LogP contribution in [0.15, 0.2) is 24.3 Å². The summed E-state index contributed by atoms with van der Waals surface area (Å²) in [5.74, 6) is -0.741. The topological polar surface area (TPSA) is 49.8 Å². The van der Waals surface area contributed by atoms with Gasteiger partial charge in [-0.25, -0.2) is 0 Å². The zero-order valence-corrected chi connectivity index (χ0v) is 11.6. The van der Waals surface area contributed by atoms with Crippen molar-refractivity contribution in [2.45, 2.75) is 37.8 Å². The molecule has 1 saturated heterocycles. The van der Waals surface area contributed by atoms with Gasteiger partial charge in [0.2, 0.25) is 0 Å². The summed E-state index contributed by atoms with van der Waals surface area (Å²) in [6.07, 6.45) is 3.60. The highest BCUT2D eigenvalue weighted by atomic mass is 16.5. The second-order valence-electron chi connectivity index (χ2n) is 5.67. The smallest absolute Gasteiger partial charge is 0.305 e. The standard InChI is InChI=1S/C16H21NO3/c18-16(19)10-13-11-20-9-8-17(13)15-7-3-5-12-4-1-2-6-14(12)15/h1-2,4,6,13,15H,3,5,7-11H2,(H,18,19). The monoisotopic (exact) mass is 275 g/mol. The fraction of sp³-hybridized carbons (Fsp3) is 0.562. The number of carboxylic acid groups (broad SMARTS) is 1. The normalized spacial score (nSPS) is 27.0. The minimum absolute atomic E-state index is 0.00240. The zero-order chi connectivity index (χ0) is 13.9. The Morgan fingerprint density at radius 1 is 1.40 bits per heavy atom. The zero-order valence-electron chi connectivity index (χ0n) is 11.6. The second kappa shape index (κ2) is 5.94. The van der Waals surface area contributed by atoms with E-state index in [1.54, 1.807) is 0 Å². The third-order valence-corrected chi connectivity index (χ3v) is 4.42. The highest BCUT2D eigenvalue weighted by Gasteiger charge is 2.33. The molecular weight excluding hydrogens is 254 g/mol. The molecule has 1 aliphatic carbocycles. The van der Waals surface area contributed by atoms with Crippen molar-refractivity contribution in [2.75, 3.05) is 19.8 Å². The lowest BCUT2D eigenvalue weighted by molar-refractivity contribution is -0.141. The van der Waals surface area contributed by atoms with Crippen LogP contribution in [-0.2, 0) is 16.0 Å². The van der Waals surface area contributed by atoms with Crippen LogP contribution in [0, 0.1) is 0 Å².